The van der Waals surface area contributed by atoms with Crippen molar-refractivity contribution in [2.75, 3.05) is 17.7 Å². The number of aromatic nitrogens is 4. The summed E-state index contributed by atoms with van der Waals surface area (Å²) >= 11 is 5.28. The molecule has 3 rings (SSSR count). The number of thiocarbonyl (C=S) groups is 1. The molecule has 3 aromatic rings. The standard InChI is InChI=1S/C16H17FN6OS/c1-24-11-23-10-15(7-19-23)21-16(25)20-14-6-18-22(9-14)8-12-2-4-13(17)5-3-12/h2-7,9-10H,8,11H2,1H3,(H2,20,21,25). The second kappa shape index (κ2) is 7.86. The summed E-state index contributed by atoms with van der Waals surface area (Å²) in [5.74, 6) is -0.253. The van der Waals surface area contributed by atoms with Crippen molar-refractivity contribution in [3.05, 3.63) is 60.4 Å². The Morgan fingerprint density at radius 2 is 1.68 bits per heavy atom. The first kappa shape index (κ1) is 17.1. The summed E-state index contributed by atoms with van der Waals surface area (Å²) in [6.45, 7) is 0.921. The molecule has 9 heteroatoms. The number of anilines is 2. The summed E-state index contributed by atoms with van der Waals surface area (Å²) in [5, 5.41) is 14.9. The van der Waals surface area contributed by atoms with Crippen molar-refractivity contribution >= 4 is 28.7 Å². The first-order chi connectivity index (χ1) is 12.1. The monoisotopic (exact) mass is 360 g/mol. The highest BCUT2D eigenvalue weighted by Gasteiger charge is 2.04. The lowest BCUT2D eigenvalue weighted by molar-refractivity contribution is 0.120. The van der Waals surface area contributed by atoms with E-state index in [0.717, 1.165) is 16.9 Å². The van der Waals surface area contributed by atoms with Gasteiger partial charge in [-0.3, -0.25) is 4.68 Å². The smallest absolute Gasteiger partial charge is 0.175 e. The summed E-state index contributed by atoms with van der Waals surface area (Å²) in [6.07, 6.45) is 6.94. The van der Waals surface area contributed by atoms with Crippen molar-refractivity contribution in [3.8, 4) is 0 Å². The summed E-state index contributed by atoms with van der Waals surface area (Å²) in [6, 6.07) is 6.32. The van der Waals surface area contributed by atoms with Crippen LogP contribution in [0, 0.1) is 5.82 Å². The summed E-state index contributed by atoms with van der Waals surface area (Å²) in [4.78, 5) is 0. The van der Waals surface area contributed by atoms with E-state index < -0.39 is 0 Å². The van der Waals surface area contributed by atoms with Gasteiger partial charge in [-0.05, 0) is 29.9 Å². The molecular weight excluding hydrogens is 343 g/mol. The number of methoxy groups -OCH3 is 1. The van der Waals surface area contributed by atoms with Crippen LogP contribution in [0.1, 0.15) is 5.56 Å². The number of hydrogen-bond acceptors (Lipinski definition) is 4. The van der Waals surface area contributed by atoms with Crippen LogP contribution in [-0.2, 0) is 18.0 Å². The molecule has 0 saturated heterocycles. The zero-order chi connectivity index (χ0) is 17.6. The minimum atomic E-state index is -0.253. The van der Waals surface area contributed by atoms with E-state index in [1.54, 1.807) is 47.2 Å². The number of nitrogens with one attached hydrogen (secondary N) is 2. The topological polar surface area (TPSA) is 68.9 Å². The van der Waals surface area contributed by atoms with Crippen molar-refractivity contribution in [2.24, 2.45) is 0 Å². The fraction of sp³-hybridized carbons (Fsp3) is 0.188. The number of hydrogen-bond donors (Lipinski definition) is 2. The number of ether oxygens (including phenoxy) is 1. The lowest BCUT2D eigenvalue weighted by atomic mass is 10.2. The van der Waals surface area contributed by atoms with Crippen molar-refractivity contribution in [3.63, 3.8) is 0 Å². The highest BCUT2D eigenvalue weighted by atomic mass is 32.1. The number of benzene rings is 1. The molecular formula is C16H17FN6OS. The van der Waals surface area contributed by atoms with Crippen LogP contribution in [0.3, 0.4) is 0 Å². The third-order valence-electron chi connectivity index (χ3n) is 3.30. The normalized spacial score (nSPS) is 10.6. The molecule has 2 aromatic heterocycles. The van der Waals surface area contributed by atoms with Gasteiger partial charge < -0.3 is 15.4 Å². The molecule has 0 amide bonds. The van der Waals surface area contributed by atoms with E-state index in [9.17, 15) is 4.39 Å². The maximum atomic E-state index is 12.9. The lowest BCUT2D eigenvalue weighted by Gasteiger charge is -2.06. The summed E-state index contributed by atoms with van der Waals surface area (Å²) < 4.78 is 21.3. The van der Waals surface area contributed by atoms with Crippen LogP contribution in [0.25, 0.3) is 0 Å². The maximum Gasteiger partial charge on any atom is 0.175 e. The Morgan fingerprint density at radius 1 is 1.08 bits per heavy atom. The Morgan fingerprint density at radius 3 is 2.32 bits per heavy atom. The van der Waals surface area contributed by atoms with Crippen molar-refractivity contribution in [2.45, 2.75) is 13.3 Å². The molecule has 0 saturated carbocycles. The van der Waals surface area contributed by atoms with E-state index in [-0.39, 0.29) is 5.82 Å². The molecule has 0 unspecified atom stereocenters. The van der Waals surface area contributed by atoms with Crippen LogP contribution < -0.4 is 10.6 Å². The van der Waals surface area contributed by atoms with Gasteiger partial charge in [0.25, 0.3) is 0 Å². The number of halogens is 1. The van der Waals surface area contributed by atoms with Gasteiger partial charge in [0.05, 0.1) is 36.5 Å². The minimum absolute atomic E-state index is 0.253. The van der Waals surface area contributed by atoms with Crippen molar-refractivity contribution < 1.29 is 9.13 Å². The Hall–Kier alpha value is -2.78. The van der Waals surface area contributed by atoms with E-state index in [0.29, 0.717) is 18.4 Å². The molecule has 2 heterocycles. The van der Waals surface area contributed by atoms with Gasteiger partial charge in [-0.2, -0.15) is 10.2 Å². The number of rotatable bonds is 6. The highest BCUT2D eigenvalue weighted by molar-refractivity contribution is 7.80. The average Bonchev–Trinajstić information content (AvgIpc) is 3.20. The Labute approximate surface area is 149 Å². The first-order valence-electron chi connectivity index (χ1n) is 7.48. The second-order valence-corrected chi connectivity index (χ2v) is 5.73. The van der Waals surface area contributed by atoms with Crippen LogP contribution in [0.15, 0.2) is 49.1 Å². The zero-order valence-electron chi connectivity index (χ0n) is 13.5. The molecule has 2 N–H and O–H groups in total. The Bertz CT molecular complexity index is 844. The van der Waals surface area contributed by atoms with Gasteiger partial charge in [0.1, 0.15) is 12.5 Å². The quantitative estimate of drug-likeness (QED) is 0.659. The molecule has 25 heavy (non-hydrogen) atoms. The molecule has 0 bridgehead atoms. The predicted molar refractivity (Wildman–Crippen MR) is 96.8 cm³/mol. The van der Waals surface area contributed by atoms with Gasteiger partial charge in [0.2, 0.25) is 0 Å². The molecule has 130 valence electrons. The van der Waals surface area contributed by atoms with Crippen LogP contribution in [0.5, 0.6) is 0 Å². The molecule has 0 atom stereocenters. The van der Waals surface area contributed by atoms with Crippen molar-refractivity contribution in [1.82, 2.24) is 19.6 Å². The third kappa shape index (κ3) is 4.85. The minimum Gasteiger partial charge on any atom is -0.362 e. The van der Waals surface area contributed by atoms with Crippen molar-refractivity contribution in [1.29, 1.82) is 0 Å². The molecule has 7 nitrogen and oxygen atoms in total. The Balaban J connectivity index is 1.54. The summed E-state index contributed by atoms with van der Waals surface area (Å²) in [7, 11) is 1.60. The fourth-order valence-corrected chi connectivity index (χ4v) is 2.45. The van der Waals surface area contributed by atoms with Gasteiger partial charge in [0, 0.05) is 13.3 Å². The van der Waals surface area contributed by atoms with E-state index >= 15 is 0 Å². The van der Waals surface area contributed by atoms with Gasteiger partial charge in [-0.1, -0.05) is 12.1 Å². The Kier molecular flexibility index (Phi) is 5.36. The van der Waals surface area contributed by atoms with E-state index in [1.807, 2.05) is 6.20 Å². The molecule has 0 spiro atoms. The van der Waals surface area contributed by atoms with Gasteiger partial charge in [0.15, 0.2) is 5.11 Å². The maximum absolute atomic E-state index is 12.9. The average molecular weight is 360 g/mol. The molecule has 0 aliphatic rings. The van der Waals surface area contributed by atoms with Crippen LogP contribution in [0.2, 0.25) is 0 Å². The molecule has 0 aliphatic heterocycles. The van der Waals surface area contributed by atoms with E-state index in [4.69, 9.17) is 17.0 Å². The molecule has 0 aliphatic carbocycles. The van der Waals surface area contributed by atoms with Crippen LogP contribution >= 0.6 is 12.2 Å². The van der Waals surface area contributed by atoms with E-state index in [1.165, 1.54) is 12.1 Å². The van der Waals surface area contributed by atoms with Gasteiger partial charge in [-0.25, -0.2) is 9.07 Å². The molecule has 1 aromatic carbocycles. The third-order valence-corrected chi connectivity index (χ3v) is 3.51. The first-order valence-corrected chi connectivity index (χ1v) is 7.89. The largest absolute Gasteiger partial charge is 0.362 e. The van der Waals surface area contributed by atoms with E-state index in [2.05, 4.69) is 20.8 Å². The highest BCUT2D eigenvalue weighted by Crippen LogP contribution is 2.11. The van der Waals surface area contributed by atoms with Crippen LogP contribution in [-0.4, -0.2) is 31.8 Å². The zero-order valence-corrected chi connectivity index (χ0v) is 14.3. The second-order valence-electron chi connectivity index (χ2n) is 5.32. The summed E-state index contributed by atoms with van der Waals surface area (Å²) in [5.41, 5.74) is 2.47. The number of nitrogens with zero attached hydrogens (tertiary/aromatic N) is 4. The SMILES string of the molecule is COCn1cc(NC(=S)Nc2cnn(Cc3ccc(F)cc3)c2)cn1. The van der Waals surface area contributed by atoms with Crippen LogP contribution in [0.4, 0.5) is 15.8 Å². The fourth-order valence-electron chi connectivity index (χ4n) is 2.22. The molecule has 0 radical (unpaired) electrons. The lowest BCUT2D eigenvalue weighted by Crippen LogP contribution is -2.18. The van der Waals surface area contributed by atoms with Gasteiger partial charge >= 0.3 is 0 Å². The van der Waals surface area contributed by atoms with Gasteiger partial charge in [-0.15, -0.1) is 0 Å². The molecule has 0 fully saturated rings. The predicted octanol–water partition coefficient (Wildman–Crippen LogP) is 2.68.